The number of carbonyl (C=O) groups excluding carboxylic acids is 3. The van der Waals surface area contributed by atoms with Crippen LogP contribution in [0.2, 0.25) is 0 Å². The van der Waals surface area contributed by atoms with Crippen molar-refractivity contribution in [2.75, 3.05) is 13.7 Å². The van der Waals surface area contributed by atoms with Crippen LogP contribution in [0.15, 0.2) is 47.8 Å². The van der Waals surface area contributed by atoms with Crippen LogP contribution in [0.3, 0.4) is 0 Å². The van der Waals surface area contributed by atoms with Crippen molar-refractivity contribution in [2.45, 2.75) is 13.8 Å². The molecule has 0 unspecified atom stereocenters. The molecule has 0 aliphatic rings. The highest BCUT2D eigenvalue weighted by Crippen LogP contribution is 2.21. The van der Waals surface area contributed by atoms with Gasteiger partial charge in [0.2, 0.25) is 0 Å². The Bertz CT molecular complexity index is 1150. The lowest BCUT2D eigenvalue weighted by atomic mass is 10.1. The van der Waals surface area contributed by atoms with Crippen molar-refractivity contribution < 1.29 is 24.2 Å². The number of esters is 1. The molecule has 0 bridgehead atoms. The van der Waals surface area contributed by atoms with Crippen LogP contribution >= 0.6 is 0 Å². The maximum Gasteiger partial charge on any atom is 0.325 e. The predicted octanol–water partition coefficient (Wildman–Crippen LogP) is 2.43. The number of ether oxygens (including phenoxy) is 1. The first-order valence-electron chi connectivity index (χ1n) is 9.83. The molecule has 0 atom stereocenters. The zero-order chi connectivity index (χ0) is 25.0. The second-order valence-electron chi connectivity index (χ2n) is 6.56. The lowest BCUT2D eigenvalue weighted by molar-refractivity contribution is -0.139. The number of nitrogens with one attached hydrogen (secondary N) is 1. The molecule has 2 aromatic rings. The fraction of sp³-hybridized carbons (Fsp3) is 0.208. The van der Waals surface area contributed by atoms with Crippen molar-refractivity contribution in [3.8, 4) is 5.75 Å². The molecule has 33 heavy (non-hydrogen) atoms. The normalized spacial score (nSPS) is 10.4. The van der Waals surface area contributed by atoms with E-state index >= 15 is 0 Å². The summed E-state index contributed by atoms with van der Waals surface area (Å²) in [6.07, 6.45) is 8.86. The van der Waals surface area contributed by atoms with Gasteiger partial charge in [0, 0.05) is 12.6 Å². The topological polar surface area (TPSA) is 128 Å². The van der Waals surface area contributed by atoms with Crippen molar-refractivity contribution in [2.24, 2.45) is 7.05 Å². The van der Waals surface area contributed by atoms with Gasteiger partial charge < -0.3 is 19.7 Å². The third-order valence-electron chi connectivity index (χ3n) is 4.36. The molecule has 0 aliphatic heterocycles. The standard InChI is InChI=1S/C12H14N2O3.C12H13NO3/c1-3-5-9-6-4-7-10(14-9)12(16)13-8-11(15)17-2;1-4-5-6-10-8(2)11(15)9(7-14)12(16)13(10)3/h3-7H,8H2,1-2H3,(H,13,16);4-7,15H,1H2,2-3H3/b5-3+;6-5-. The second kappa shape index (κ2) is 13.2. The summed E-state index contributed by atoms with van der Waals surface area (Å²) in [7, 11) is 2.81. The van der Waals surface area contributed by atoms with Crippen molar-refractivity contribution in [1.29, 1.82) is 0 Å². The minimum Gasteiger partial charge on any atom is -0.507 e. The summed E-state index contributed by atoms with van der Waals surface area (Å²) in [6, 6.07) is 5.10. The van der Waals surface area contributed by atoms with Crippen LogP contribution < -0.4 is 10.9 Å². The summed E-state index contributed by atoms with van der Waals surface area (Å²) in [4.78, 5) is 48.9. The molecule has 0 aliphatic carbocycles. The molecule has 174 valence electrons. The van der Waals surface area contributed by atoms with Gasteiger partial charge in [0.25, 0.3) is 11.5 Å². The van der Waals surface area contributed by atoms with Crippen LogP contribution in [0.1, 0.15) is 44.7 Å². The first-order chi connectivity index (χ1) is 15.7. The predicted molar refractivity (Wildman–Crippen MR) is 126 cm³/mol. The van der Waals surface area contributed by atoms with Gasteiger partial charge in [0.05, 0.1) is 18.5 Å². The quantitative estimate of drug-likeness (QED) is 0.374. The number of nitrogens with zero attached hydrogens (tertiary/aromatic N) is 2. The summed E-state index contributed by atoms with van der Waals surface area (Å²) >= 11 is 0. The van der Waals surface area contributed by atoms with Gasteiger partial charge in [-0.25, -0.2) is 4.98 Å². The van der Waals surface area contributed by atoms with Crippen molar-refractivity contribution >= 4 is 30.3 Å². The lowest BCUT2D eigenvalue weighted by Gasteiger charge is -2.11. The van der Waals surface area contributed by atoms with Gasteiger partial charge >= 0.3 is 5.97 Å². The highest BCUT2D eigenvalue weighted by Gasteiger charge is 2.14. The lowest BCUT2D eigenvalue weighted by Crippen LogP contribution is -2.30. The maximum atomic E-state index is 11.7. The maximum absolute atomic E-state index is 11.7. The Labute approximate surface area is 191 Å². The first kappa shape index (κ1) is 26.8. The Hall–Kier alpha value is -4.27. The van der Waals surface area contributed by atoms with E-state index < -0.39 is 17.4 Å². The average molecular weight is 453 g/mol. The van der Waals surface area contributed by atoms with Gasteiger partial charge in [0.15, 0.2) is 6.29 Å². The Morgan fingerprint density at radius 3 is 2.58 bits per heavy atom. The molecule has 0 saturated carbocycles. The number of hydrogen-bond acceptors (Lipinski definition) is 7. The van der Waals surface area contributed by atoms with Gasteiger partial charge in [-0.05, 0) is 38.1 Å². The average Bonchev–Trinajstić information content (AvgIpc) is 2.82. The Balaban J connectivity index is 0.000000331. The smallest absolute Gasteiger partial charge is 0.325 e. The highest BCUT2D eigenvalue weighted by molar-refractivity contribution is 5.94. The van der Waals surface area contributed by atoms with Crippen LogP contribution in [-0.2, 0) is 16.6 Å². The van der Waals surface area contributed by atoms with Crippen LogP contribution in [-0.4, -0.2) is 46.5 Å². The summed E-state index contributed by atoms with van der Waals surface area (Å²) in [5, 5.41) is 12.1. The van der Waals surface area contributed by atoms with Gasteiger partial charge in [-0.1, -0.05) is 30.9 Å². The fourth-order valence-corrected chi connectivity index (χ4v) is 2.63. The van der Waals surface area contributed by atoms with E-state index in [1.165, 1.54) is 11.7 Å². The van der Waals surface area contributed by atoms with Crippen LogP contribution in [0.4, 0.5) is 0 Å². The molecular formula is C24H27N3O6. The van der Waals surface area contributed by atoms with Gasteiger partial charge in [0.1, 0.15) is 23.6 Å². The molecule has 2 heterocycles. The van der Waals surface area contributed by atoms with Crippen molar-refractivity contribution in [3.05, 3.63) is 81.6 Å². The summed E-state index contributed by atoms with van der Waals surface area (Å²) < 4.78 is 5.73. The number of amides is 1. The SMILES string of the molecule is C/C=C/c1cccc(C(=O)NCC(=O)OC)n1.C=C/C=C\c1c(C)c(O)c(C=O)c(=O)n1C. The molecule has 0 aromatic carbocycles. The van der Waals surface area contributed by atoms with E-state index in [0.29, 0.717) is 23.2 Å². The van der Waals surface area contributed by atoms with E-state index in [4.69, 9.17) is 0 Å². The van der Waals surface area contributed by atoms with Crippen LogP contribution in [0.25, 0.3) is 12.2 Å². The number of hydrogen-bond donors (Lipinski definition) is 2. The van der Waals surface area contributed by atoms with Gasteiger partial charge in [-0.2, -0.15) is 0 Å². The number of allylic oxidation sites excluding steroid dienone is 3. The number of aromatic nitrogens is 2. The zero-order valence-corrected chi connectivity index (χ0v) is 19.0. The number of rotatable bonds is 7. The molecule has 9 heteroatoms. The van der Waals surface area contributed by atoms with Crippen molar-refractivity contribution in [3.63, 3.8) is 0 Å². The summed E-state index contributed by atoms with van der Waals surface area (Å²) in [6.45, 7) is 6.87. The molecule has 9 nitrogen and oxygen atoms in total. The van der Waals surface area contributed by atoms with Crippen LogP contribution in [0, 0.1) is 6.92 Å². The molecule has 0 spiro atoms. The Morgan fingerprint density at radius 2 is 2.00 bits per heavy atom. The van der Waals surface area contributed by atoms with Crippen LogP contribution in [0.5, 0.6) is 5.75 Å². The molecule has 0 fully saturated rings. The summed E-state index contributed by atoms with van der Waals surface area (Å²) in [5.74, 6) is -1.16. The molecule has 2 rings (SSSR count). The molecule has 0 radical (unpaired) electrons. The minimum atomic E-state index is -0.512. The third-order valence-corrected chi connectivity index (χ3v) is 4.36. The molecular weight excluding hydrogens is 426 g/mol. The van der Waals surface area contributed by atoms with E-state index in [0.717, 1.165) is 0 Å². The summed E-state index contributed by atoms with van der Waals surface area (Å²) in [5.41, 5.74) is 1.27. The zero-order valence-electron chi connectivity index (χ0n) is 19.0. The number of carbonyl (C=O) groups is 3. The largest absolute Gasteiger partial charge is 0.507 e. The highest BCUT2D eigenvalue weighted by atomic mass is 16.5. The second-order valence-corrected chi connectivity index (χ2v) is 6.56. The molecule has 1 amide bonds. The first-order valence-corrected chi connectivity index (χ1v) is 9.83. The van der Waals surface area contributed by atoms with Gasteiger partial charge in [-0.3, -0.25) is 19.2 Å². The van der Waals surface area contributed by atoms with E-state index in [1.54, 1.807) is 56.5 Å². The third kappa shape index (κ3) is 7.42. The van der Waals surface area contributed by atoms with E-state index in [1.807, 2.05) is 13.0 Å². The number of aldehydes is 1. The van der Waals surface area contributed by atoms with E-state index in [2.05, 4.69) is 21.6 Å². The fourth-order valence-electron chi connectivity index (χ4n) is 2.63. The molecule has 2 aromatic heterocycles. The van der Waals surface area contributed by atoms with Crippen molar-refractivity contribution in [1.82, 2.24) is 14.9 Å². The monoisotopic (exact) mass is 453 g/mol. The number of aromatic hydroxyl groups is 1. The molecule has 0 saturated heterocycles. The minimum absolute atomic E-state index is 0.162. The Kier molecular flexibility index (Phi) is 10.7. The van der Waals surface area contributed by atoms with Gasteiger partial charge in [-0.15, -0.1) is 0 Å². The number of methoxy groups -OCH3 is 1. The van der Waals surface area contributed by atoms with E-state index in [9.17, 15) is 24.3 Å². The molecule has 2 N–H and O–H groups in total. The Morgan fingerprint density at radius 1 is 1.30 bits per heavy atom. The van der Waals surface area contributed by atoms with E-state index in [-0.39, 0.29) is 23.6 Å². The number of pyridine rings is 2.